The van der Waals surface area contributed by atoms with Crippen LogP contribution in [0.2, 0.25) is 0 Å². The van der Waals surface area contributed by atoms with Crippen LogP contribution in [0, 0.1) is 6.92 Å². The van der Waals surface area contributed by atoms with Crippen LogP contribution in [0.3, 0.4) is 0 Å². The summed E-state index contributed by atoms with van der Waals surface area (Å²) < 4.78 is 31.4. The van der Waals surface area contributed by atoms with Crippen molar-refractivity contribution in [1.29, 1.82) is 0 Å². The molecule has 0 fully saturated rings. The number of hydrogen-bond acceptors (Lipinski definition) is 5. The SMILES string of the molecule is CCCS(=O)(=O)Nc1ccccc1Cc1nc(C)no1. The number of nitrogens with zero attached hydrogens (tertiary/aromatic N) is 2. The summed E-state index contributed by atoms with van der Waals surface area (Å²) in [6.07, 6.45) is 0.964. The first kappa shape index (κ1) is 14.5. The molecular formula is C13H17N3O3S. The van der Waals surface area contributed by atoms with Crippen molar-refractivity contribution in [3.8, 4) is 0 Å². The number of anilines is 1. The smallest absolute Gasteiger partial charge is 0.232 e. The molecule has 1 heterocycles. The van der Waals surface area contributed by atoms with E-state index in [0.29, 0.717) is 30.2 Å². The first-order valence-corrected chi connectivity index (χ1v) is 8.03. The van der Waals surface area contributed by atoms with Gasteiger partial charge in [-0.15, -0.1) is 0 Å². The largest absolute Gasteiger partial charge is 0.339 e. The maximum Gasteiger partial charge on any atom is 0.232 e. The molecule has 1 aromatic carbocycles. The Morgan fingerprint density at radius 2 is 2.05 bits per heavy atom. The Labute approximate surface area is 118 Å². The van der Waals surface area contributed by atoms with Gasteiger partial charge in [0.1, 0.15) is 0 Å². The van der Waals surface area contributed by atoms with E-state index < -0.39 is 10.0 Å². The molecular weight excluding hydrogens is 278 g/mol. The molecule has 1 aromatic heterocycles. The van der Waals surface area contributed by atoms with Crippen molar-refractivity contribution in [2.45, 2.75) is 26.7 Å². The minimum absolute atomic E-state index is 0.0982. The zero-order chi connectivity index (χ0) is 14.6. The van der Waals surface area contributed by atoms with Crippen molar-refractivity contribution in [1.82, 2.24) is 10.1 Å². The fourth-order valence-electron chi connectivity index (χ4n) is 1.84. The van der Waals surface area contributed by atoms with Crippen LogP contribution in [0.1, 0.15) is 30.6 Å². The molecule has 6 nitrogen and oxygen atoms in total. The minimum atomic E-state index is -3.31. The number of hydrogen-bond donors (Lipinski definition) is 1. The molecule has 0 saturated heterocycles. The third-order valence-electron chi connectivity index (χ3n) is 2.67. The quantitative estimate of drug-likeness (QED) is 0.882. The molecule has 0 bridgehead atoms. The first-order chi connectivity index (χ1) is 9.50. The van der Waals surface area contributed by atoms with Crippen molar-refractivity contribution in [2.24, 2.45) is 0 Å². The second-order valence-electron chi connectivity index (χ2n) is 4.49. The average molecular weight is 295 g/mol. The number of nitrogens with one attached hydrogen (secondary N) is 1. The first-order valence-electron chi connectivity index (χ1n) is 6.38. The molecule has 0 unspecified atom stereocenters. The maximum atomic E-state index is 11.8. The van der Waals surface area contributed by atoms with Crippen LogP contribution in [0.5, 0.6) is 0 Å². The molecule has 108 valence electrons. The van der Waals surface area contributed by atoms with Crippen molar-refractivity contribution in [3.63, 3.8) is 0 Å². The van der Waals surface area contributed by atoms with Crippen LogP contribution in [0.25, 0.3) is 0 Å². The van der Waals surface area contributed by atoms with E-state index in [2.05, 4.69) is 14.9 Å². The molecule has 1 N–H and O–H groups in total. The van der Waals surface area contributed by atoms with E-state index in [4.69, 9.17) is 4.52 Å². The standard InChI is InChI=1S/C13H17N3O3S/c1-3-8-20(17,18)16-12-7-5-4-6-11(12)9-13-14-10(2)15-19-13/h4-7,16H,3,8-9H2,1-2H3. The monoisotopic (exact) mass is 295 g/mol. The van der Waals surface area contributed by atoms with Gasteiger partial charge in [0, 0.05) is 0 Å². The Balaban J connectivity index is 2.22. The van der Waals surface area contributed by atoms with Crippen molar-refractivity contribution >= 4 is 15.7 Å². The number of sulfonamides is 1. The van der Waals surface area contributed by atoms with E-state index >= 15 is 0 Å². The normalized spacial score (nSPS) is 11.5. The summed E-state index contributed by atoms with van der Waals surface area (Å²) in [5, 5.41) is 3.72. The van der Waals surface area contributed by atoms with Crippen LogP contribution in [0.4, 0.5) is 5.69 Å². The van der Waals surface area contributed by atoms with Crippen molar-refractivity contribution in [3.05, 3.63) is 41.5 Å². The lowest BCUT2D eigenvalue weighted by Gasteiger charge is -2.10. The summed E-state index contributed by atoms with van der Waals surface area (Å²) in [5.41, 5.74) is 1.35. The molecule has 0 atom stereocenters. The fraction of sp³-hybridized carbons (Fsp3) is 0.385. The number of para-hydroxylation sites is 1. The van der Waals surface area contributed by atoms with Gasteiger partial charge in [-0.2, -0.15) is 4.98 Å². The van der Waals surface area contributed by atoms with E-state index in [1.807, 2.05) is 19.1 Å². The Bertz CT molecular complexity index is 680. The van der Waals surface area contributed by atoms with Gasteiger partial charge in [-0.25, -0.2) is 8.42 Å². The molecule has 20 heavy (non-hydrogen) atoms. The number of benzene rings is 1. The van der Waals surface area contributed by atoms with E-state index in [-0.39, 0.29) is 5.75 Å². The highest BCUT2D eigenvalue weighted by molar-refractivity contribution is 7.92. The van der Waals surface area contributed by atoms with E-state index in [1.54, 1.807) is 19.1 Å². The highest BCUT2D eigenvalue weighted by atomic mass is 32.2. The van der Waals surface area contributed by atoms with Gasteiger partial charge in [0.05, 0.1) is 17.9 Å². The zero-order valence-corrected chi connectivity index (χ0v) is 12.3. The summed E-state index contributed by atoms with van der Waals surface area (Å²) in [4.78, 5) is 4.12. The Morgan fingerprint density at radius 3 is 2.70 bits per heavy atom. The highest BCUT2D eigenvalue weighted by Crippen LogP contribution is 2.19. The molecule has 7 heteroatoms. The lowest BCUT2D eigenvalue weighted by molar-refractivity contribution is 0.381. The van der Waals surface area contributed by atoms with Gasteiger partial charge in [-0.1, -0.05) is 30.3 Å². The van der Waals surface area contributed by atoms with Crippen LogP contribution >= 0.6 is 0 Å². The van der Waals surface area contributed by atoms with Gasteiger partial charge < -0.3 is 4.52 Å². The molecule has 0 aliphatic rings. The van der Waals surface area contributed by atoms with Gasteiger partial charge >= 0.3 is 0 Å². The number of aryl methyl sites for hydroxylation is 1. The predicted molar refractivity (Wildman–Crippen MR) is 76.0 cm³/mol. The Morgan fingerprint density at radius 1 is 1.30 bits per heavy atom. The number of aromatic nitrogens is 2. The van der Waals surface area contributed by atoms with Gasteiger partial charge in [-0.3, -0.25) is 4.72 Å². The van der Waals surface area contributed by atoms with Crippen LogP contribution in [-0.4, -0.2) is 24.3 Å². The molecule has 0 amide bonds. The second kappa shape index (κ2) is 6.04. The average Bonchev–Trinajstić information content (AvgIpc) is 2.77. The van der Waals surface area contributed by atoms with E-state index in [9.17, 15) is 8.42 Å². The topological polar surface area (TPSA) is 85.1 Å². The number of rotatable bonds is 6. The zero-order valence-electron chi connectivity index (χ0n) is 11.5. The molecule has 2 aromatic rings. The van der Waals surface area contributed by atoms with Crippen LogP contribution in [0.15, 0.2) is 28.8 Å². The lowest BCUT2D eigenvalue weighted by Crippen LogP contribution is -2.17. The predicted octanol–water partition coefficient (Wildman–Crippen LogP) is 2.12. The molecule has 2 rings (SSSR count). The third-order valence-corrected chi connectivity index (χ3v) is 4.14. The highest BCUT2D eigenvalue weighted by Gasteiger charge is 2.13. The summed E-state index contributed by atoms with van der Waals surface area (Å²) >= 11 is 0. The summed E-state index contributed by atoms with van der Waals surface area (Å²) in [7, 11) is -3.31. The molecule has 0 spiro atoms. The third kappa shape index (κ3) is 3.80. The van der Waals surface area contributed by atoms with E-state index in [1.165, 1.54) is 0 Å². The minimum Gasteiger partial charge on any atom is -0.339 e. The van der Waals surface area contributed by atoms with Crippen LogP contribution in [-0.2, 0) is 16.4 Å². The van der Waals surface area contributed by atoms with Gasteiger partial charge in [-0.05, 0) is 25.0 Å². The molecule has 0 saturated carbocycles. The second-order valence-corrected chi connectivity index (χ2v) is 6.33. The van der Waals surface area contributed by atoms with Crippen LogP contribution < -0.4 is 4.72 Å². The molecule has 0 aliphatic carbocycles. The fourth-order valence-corrected chi connectivity index (χ4v) is 3.01. The Hall–Kier alpha value is -1.89. The summed E-state index contributed by atoms with van der Waals surface area (Å²) in [6.45, 7) is 3.56. The summed E-state index contributed by atoms with van der Waals surface area (Å²) in [6, 6.07) is 7.19. The van der Waals surface area contributed by atoms with E-state index in [0.717, 1.165) is 5.56 Å². The van der Waals surface area contributed by atoms with Gasteiger partial charge in [0.25, 0.3) is 0 Å². The van der Waals surface area contributed by atoms with Gasteiger partial charge in [0.15, 0.2) is 5.82 Å². The maximum absolute atomic E-state index is 11.8. The van der Waals surface area contributed by atoms with Crippen molar-refractivity contribution in [2.75, 3.05) is 10.5 Å². The van der Waals surface area contributed by atoms with Crippen molar-refractivity contribution < 1.29 is 12.9 Å². The molecule has 0 radical (unpaired) electrons. The molecule has 0 aliphatic heterocycles. The van der Waals surface area contributed by atoms with Gasteiger partial charge in [0.2, 0.25) is 15.9 Å². The Kier molecular flexibility index (Phi) is 4.39. The summed E-state index contributed by atoms with van der Waals surface area (Å²) in [5.74, 6) is 1.12. The lowest BCUT2D eigenvalue weighted by atomic mass is 10.1.